The molecule has 12 heteroatoms. The second-order valence-electron chi connectivity index (χ2n) is 11.1. The van der Waals surface area contributed by atoms with Gasteiger partial charge in [-0.25, -0.2) is 23.9 Å². The van der Waals surface area contributed by atoms with E-state index in [4.69, 9.17) is 18.9 Å². The highest BCUT2D eigenvalue weighted by atomic mass is 19.1. The number of hydrogen-bond acceptors (Lipinski definition) is 10. The molecule has 0 aliphatic carbocycles. The van der Waals surface area contributed by atoms with Crippen molar-refractivity contribution < 1.29 is 32.9 Å². The summed E-state index contributed by atoms with van der Waals surface area (Å²) >= 11 is 0. The minimum absolute atomic E-state index is 0.0223. The maximum absolute atomic E-state index is 13.8. The number of esters is 1. The molecule has 0 N–H and O–H groups in total. The number of ether oxygens (including phenoxy) is 4. The normalized spacial score (nSPS) is 15.5. The van der Waals surface area contributed by atoms with Gasteiger partial charge in [-0.3, -0.25) is 4.98 Å². The number of nitrogens with zero attached hydrogens (tertiary/aromatic N) is 5. The van der Waals surface area contributed by atoms with Gasteiger partial charge in [0.15, 0.2) is 11.6 Å². The fourth-order valence-electron chi connectivity index (χ4n) is 4.98. The molecule has 1 amide bonds. The molecule has 0 radical (unpaired) electrons. The standard InChI is InChI=1S/C30H34FN5O6/c1-30(2,3)42-29(38)36-14-10-21-23(17-36)33-11-7-25(21)40-20-8-12-35(13-9-20)27-26(16-32-18-34-27)41-24-6-5-19(31)15-22(24)28(37)39-4/h5-7,11,15-16,18,20H,8-10,12-14,17H2,1-4H3. The number of rotatable bonds is 6. The van der Waals surface area contributed by atoms with E-state index in [0.29, 0.717) is 44.2 Å². The lowest BCUT2D eigenvalue weighted by atomic mass is 10.0. The predicted octanol–water partition coefficient (Wildman–Crippen LogP) is 4.93. The third kappa shape index (κ3) is 6.69. The van der Waals surface area contributed by atoms with Crippen LogP contribution in [-0.4, -0.2) is 70.4 Å². The Morgan fingerprint density at radius 1 is 1.02 bits per heavy atom. The summed E-state index contributed by atoms with van der Waals surface area (Å²) in [6.45, 7) is 7.75. The van der Waals surface area contributed by atoms with Crippen LogP contribution >= 0.6 is 0 Å². The van der Waals surface area contributed by atoms with E-state index < -0.39 is 17.4 Å². The lowest BCUT2D eigenvalue weighted by molar-refractivity contribution is 0.0218. The van der Waals surface area contributed by atoms with Gasteiger partial charge in [-0.15, -0.1) is 0 Å². The molecule has 0 spiro atoms. The van der Waals surface area contributed by atoms with Gasteiger partial charge in [-0.05, 0) is 51.5 Å². The van der Waals surface area contributed by atoms with E-state index in [1.807, 2.05) is 26.8 Å². The number of amides is 1. The number of pyridine rings is 1. The molecule has 3 aromatic rings. The Hall–Kier alpha value is -4.48. The van der Waals surface area contributed by atoms with Crippen LogP contribution in [0.25, 0.3) is 0 Å². The van der Waals surface area contributed by atoms with Gasteiger partial charge in [0.25, 0.3) is 0 Å². The van der Waals surface area contributed by atoms with Crippen LogP contribution < -0.4 is 14.4 Å². The summed E-state index contributed by atoms with van der Waals surface area (Å²) in [7, 11) is 1.22. The fourth-order valence-corrected chi connectivity index (χ4v) is 4.98. The van der Waals surface area contributed by atoms with Crippen molar-refractivity contribution in [3.8, 4) is 17.2 Å². The van der Waals surface area contributed by atoms with Gasteiger partial charge in [-0.2, -0.15) is 0 Å². The highest BCUT2D eigenvalue weighted by Crippen LogP contribution is 2.35. The van der Waals surface area contributed by atoms with E-state index in [1.165, 1.54) is 31.8 Å². The van der Waals surface area contributed by atoms with Crippen LogP contribution in [0.2, 0.25) is 0 Å². The molecule has 0 unspecified atom stereocenters. The molecule has 1 aromatic carbocycles. The molecule has 0 atom stereocenters. The number of anilines is 1. The monoisotopic (exact) mass is 579 g/mol. The largest absolute Gasteiger partial charge is 0.490 e. The molecule has 2 aliphatic heterocycles. The van der Waals surface area contributed by atoms with E-state index >= 15 is 0 Å². The number of aromatic nitrogens is 3. The summed E-state index contributed by atoms with van der Waals surface area (Å²) in [5.41, 5.74) is 1.24. The van der Waals surface area contributed by atoms with E-state index in [-0.39, 0.29) is 23.5 Å². The Bertz CT molecular complexity index is 1450. The van der Waals surface area contributed by atoms with E-state index in [2.05, 4.69) is 19.9 Å². The number of halogens is 1. The molecular formula is C30H34FN5O6. The van der Waals surface area contributed by atoms with Crippen LogP contribution in [0.15, 0.2) is 43.0 Å². The zero-order valence-electron chi connectivity index (χ0n) is 24.1. The van der Waals surface area contributed by atoms with Crippen LogP contribution in [0.4, 0.5) is 15.0 Å². The van der Waals surface area contributed by atoms with Gasteiger partial charge in [0.2, 0.25) is 0 Å². The molecule has 4 heterocycles. The van der Waals surface area contributed by atoms with Crippen molar-refractivity contribution in [2.75, 3.05) is 31.6 Å². The second kappa shape index (κ2) is 12.2. The molecule has 0 bridgehead atoms. The summed E-state index contributed by atoms with van der Waals surface area (Å²) in [6, 6.07) is 5.54. The first-order valence-corrected chi connectivity index (χ1v) is 13.8. The molecule has 0 saturated carbocycles. The fraction of sp³-hybridized carbons (Fsp3) is 0.433. The minimum Gasteiger partial charge on any atom is -0.490 e. The zero-order chi connectivity index (χ0) is 29.9. The molecule has 11 nitrogen and oxygen atoms in total. The number of methoxy groups -OCH3 is 1. The highest BCUT2D eigenvalue weighted by molar-refractivity contribution is 5.92. The minimum atomic E-state index is -0.711. The number of fused-ring (bicyclic) bond motifs is 1. The van der Waals surface area contributed by atoms with Gasteiger partial charge in [0.05, 0.1) is 25.5 Å². The number of benzene rings is 1. The smallest absolute Gasteiger partial charge is 0.410 e. The molecule has 2 aromatic heterocycles. The van der Waals surface area contributed by atoms with Crippen molar-refractivity contribution in [1.29, 1.82) is 0 Å². The molecule has 1 fully saturated rings. The van der Waals surface area contributed by atoms with E-state index in [0.717, 1.165) is 35.9 Å². The predicted molar refractivity (Wildman–Crippen MR) is 150 cm³/mol. The zero-order valence-corrected chi connectivity index (χ0v) is 24.1. The Morgan fingerprint density at radius 2 is 1.81 bits per heavy atom. The average Bonchev–Trinajstić information content (AvgIpc) is 2.97. The van der Waals surface area contributed by atoms with Gasteiger partial charge < -0.3 is 28.7 Å². The number of hydrogen-bond donors (Lipinski definition) is 0. The average molecular weight is 580 g/mol. The lowest BCUT2D eigenvalue weighted by Crippen LogP contribution is -2.41. The first-order chi connectivity index (χ1) is 20.1. The topological polar surface area (TPSA) is 116 Å². The second-order valence-corrected chi connectivity index (χ2v) is 11.1. The summed E-state index contributed by atoms with van der Waals surface area (Å²) in [5, 5.41) is 0. The van der Waals surface area contributed by atoms with Crippen molar-refractivity contribution in [3.05, 3.63) is 65.6 Å². The van der Waals surface area contributed by atoms with Crippen LogP contribution in [-0.2, 0) is 22.4 Å². The Kier molecular flexibility index (Phi) is 8.41. The number of piperidine rings is 1. The van der Waals surface area contributed by atoms with Crippen molar-refractivity contribution in [2.24, 2.45) is 0 Å². The molecule has 42 heavy (non-hydrogen) atoms. The lowest BCUT2D eigenvalue weighted by Gasteiger charge is -2.35. The van der Waals surface area contributed by atoms with Crippen molar-refractivity contribution in [3.63, 3.8) is 0 Å². The molecular weight excluding hydrogens is 545 g/mol. The summed E-state index contributed by atoms with van der Waals surface area (Å²) in [4.78, 5) is 41.5. The van der Waals surface area contributed by atoms with Crippen LogP contribution in [0.3, 0.4) is 0 Å². The Morgan fingerprint density at radius 3 is 2.55 bits per heavy atom. The van der Waals surface area contributed by atoms with Crippen LogP contribution in [0, 0.1) is 5.82 Å². The quantitative estimate of drug-likeness (QED) is 0.372. The van der Waals surface area contributed by atoms with Crippen molar-refractivity contribution in [1.82, 2.24) is 19.9 Å². The Balaban J connectivity index is 1.23. The maximum atomic E-state index is 13.8. The number of carbonyl (C=O) groups excluding carboxylic acids is 2. The van der Waals surface area contributed by atoms with Gasteiger partial charge in [-0.1, -0.05) is 0 Å². The van der Waals surface area contributed by atoms with Crippen LogP contribution in [0.1, 0.15) is 55.2 Å². The van der Waals surface area contributed by atoms with E-state index in [9.17, 15) is 14.0 Å². The van der Waals surface area contributed by atoms with Crippen molar-refractivity contribution >= 4 is 17.9 Å². The SMILES string of the molecule is COC(=O)c1cc(F)ccc1Oc1cncnc1N1CCC(Oc2ccnc3c2CCN(C(=O)OC(C)(C)C)C3)CC1. The highest BCUT2D eigenvalue weighted by Gasteiger charge is 2.30. The van der Waals surface area contributed by atoms with Gasteiger partial charge >= 0.3 is 12.1 Å². The number of carbonyl (C=O) groups is 2. The third-order valence-corrected chi connectivity index (χ3v) is 6.99. The van der Waals surface area contributed by atoms with Crippen molar-refractivity contribution in [2.45, 2.75) is 58.3 Å². The van der Waals surface area contributed by atoms with Gasteiger partial charge in [0, 0.05) is 44.2 Å². The molecule has 1 saturated heterocycles. The molecule has 2 aliphatic rings. The van der Waals surface area contributed by atoms with E-state index in [1.54, 1.807) is 11.1 Å². The third-order valence-electron chi connectivity index (χ3n) is 6.99. The maximum Gasteiger partial charge on any atom is 0.410 e. The summed E-state index contributed by atoms with van der Waals surface area (Å²) < 4.78 is 36.6. The first kappa shape index (κ1) is 29.0. The van der Waals surface area contributed by atoms with Gasteiger partial charge in [0.1, 0.15) is 40.9 Å². The summed E-state index contributed by atoms with van der Waals surface area (Å²) in [5.74, 6) is 0.547. The molecule has 222 valence electrons. The molecule has 5 rings (SSSR count). The summed E-state index contributed by atoms with van der Waals surface area (Å²) in [6.07, 6.45) is 6.39. The Labute approximate surface area is 243 Å². The first-order valence-electron chi connectivity index (χ1n) is 13.8. The van der Waals surface area contributed by atoms with Crippen LogP contribution in [0.5, 0.6) is 17.2 Å².